The molecule has 1 amide bonds. The number of benzene rings is 2. The molecule has 0 atom stereocenters. The molecule has 1 N–H and O–H groups in total. The first kappa shape index (κ1) is 19.8. The monoisotopic (exact) mass is 407 g/mol. The zero-order valence-corrected chi connectivity index (χ0v) is 16.8. The summed E-state index contributed by atoms with van der Waals surface area (Å²) in [6, 6.07) is 13.1. The van der Waals surface area contributed by atoms with E-state index in [1.165, 1.54) is 5.69 Å². The number of anilines is 2. The number of ether oxygens (including phenoxy) is 1. The van der Waals surface area contributed by atoms with Crippen molar-refractivity contribution in [2.24, 2.45) is 0 Å². The Morgan fingerprint density at radius 1 is 1.07 bits per heavy atom. The minimum Gasteiger partial charge on any atom is -0.497 e. The highest BCUT2D eigenvalue weighted by atomic mass is 35.5. The molecule has 1 heterocycles. The van der Waals surface area contributed by atoms with E-state index >= 15 is 0 Å². The molecule has 5 nitrogen and oxygen atoms in total. The number of rotatable bonds is 5. The molecule has 1 fully saturated rings. The second kappa shape index (κ2) is 9.31. The first-order valence-electron chi connectivity index (χ1n) is 8.91. The van der Waals surface area contributed by atoms with Crippen molar-refractivity contribution in [2.75, 3.05) is 50.1 Å². The van der Waals surface area contributed by atoms with Gasteiger partial charge in [0.25, 0.3) is 0 Å². The topological polar surface area (TPSA) is 44.8 Å². The molecule has 2 aromatic carbocycles. The van der Waals surface area contributed by atoms with Crippen LogP contribution in [0.3, 0.4) is 0 Å². The van der Waals surface area contributed by atoms with Gasteiger partial charge in [0, 0.05) is 36.9 Å². The van der Waals surface area contributed by atoms with Gasteiger partial charge in [-0.05, 0) is 48.9 Å². The van der Waals surface area contributed by atoms with Crippen LogP contribution in [0, 0.1) is 0 Å². The lowest BCUT2D eigenvalue weighted by atomic mass is 10.2. The van der Waals surface area contributed by atoms with E-state index in [4.69, 9.17) is 27.9 Å². The molecule has 0 aliphatic carbocycles. The highest BCUT2D eigenvalue weighted by Gasteiger charge is 2.18. The standard InChI is InChI=1S/C20H23Cl2N3O2/c1-27-17-6-4-16(5-7-17)25-10-2-9-24(11-12-25)14-20(26)23-19-8-3-15(21)13-18(19)22/h3-8,13H,2,9-12,14H2,1H3,(H,23,26). The van der Waals surface area contributed by atoms with Crippen LogP contribution >= 0.6 is 23.2 Å². The number of nitrogens with zero attached hydrogens (tertiary/aromatic N) is 2. The number of nitrogens with one attached hydrogen (secondary N) is 1. The molecule has 3 rings (SSSR count). The van der Waals surface area contributed by atoms with Gasteiger partial charge < -0.3 is 15.0 Å². The quantitative estimate of drug-likeness (QED) is 0.808. The maximum Gasteiger partial charge on any atom is 0.238 e. The summed E-state index contributed by atoms with van der Waals surface area (Å²) < 4.78 is 5.22. The summed E-state index contributed by atoms with van der Waals surface area (Å²) in [5.74, 6) is 0.782. The van der Waals surface area contributed by atoms with Crippen molar-refractivity contribution in [3.05, 3.63) is 52.5 Å². The molecular weight excluding hydrogens is 385 g/mol. The molecule has 1 aliphatic heterocycles. The van der Waals surface area contributed by atoms with E-state index in [9.17, 15) is 4.79 Å². The maximum atomic E-state index is 12.4. The molecule has 27 heavy (non-hydrogen) atoms. The van der Waals surface area contributed by atoms with Gasteiger partial charge in [-0.1, -0.05) is 23.2 Å². The lowest BCUT2D eigenvalue weighted by Crippen LogP contribution is -2.36. The zero-order chi connectivity index (χ0) is 19.2. The number of carbonyl (C=O) groups is 1. The first-order chi connectivity index (χ1) is 13.0. The van der Waals surface area contributed by atoms with Crippen LogP contribution < -0.4 is 15.0 Å². The molecule has 1 saturated heterocycles. The van der Waals surface area contributed by atoms with Gasteiger partial charge in [0.15, 0.2) is 0 Å². The van der Waals surface area contributed by atoms with Gasteiger partial charge in [-0.3, -0.25) is 9.69 Å². The van der Waals surface area contributed by atoms with Crippen molar-refractivity contribution in [2.45, 2.75) is 6.42 Å². The largest absolute Gasteiger partial charge is 0.497 e. The summed E-state index contributed by atoms with van der Waals surface area (Å²) in [5.41, 5.74) is 1.76. The summed E-state index contributed by atoms with van der Waals surface area (Å²) in [4.78, 5) is 16.9. The minimum atomic E-state index is -0.0721. The van der Waals surface area contributed by atoms with Crippen LogP contribution in [0.15, 0.2) is 42.5 Å². The Morgan fingerprint density at radius 3 is 2.56 bits per heavy atom. The van der Waals surface area contributed by atoms with E-state index in [1.54, 1.807) is 25.3 Å². The van der Waals surface area contributed by atoms with E-state index in [-0.39, 0.29) is 5.91 Å². The predicted octanol–water partition coefficient (Wildman–Crippen LogP) is 4.15. The zero-order valence-electron chi connectivity index (χ0n) is 15.3. The molecule has 0 unspecified atom stereocenters. The SMILES string of the molecule is COc1ccc(N2CCCN(CC(=O)Nc3ccc(Cl)cc3Cl)CC2)cc1. The minimum absolute atomic E-state index is 0.0721. The second-order valence-corrected chi connectivity index (χ2v) is 7.33. The van der Waals surface area contributed by atoms with Crippen molar-refractivity contribution in [3.8, 4) is 5.75 Å². The van der Waals surface area contributed by atoms with Crippen LogP contribution in [0.25, 0.3) is 0 Å². The number of methoxy groups -OCH3 is 1. The Bertz CT molecular complexity index is 783. The fourth-order valence-corrected chi connectivity index (χ4v) is 3.62. The van der Waals surface area contributed by atoms with Gasteiger partial charge in [0.1, 0.15) is 5.75 Å². The van der Waals surface area contributed by atoms with Gasteiger partial charge in [0.2, 0.25) is 5.91 Å². The van der Waals surface area contributed by atoms with Crippen LogP contribution in [-0.4, -0.2) is 50.6 Å². The normalized spacial score (nSPS) is 15.3. The first-order valence-corrected chi connectivity index (χ1v) is 9.67. The van der Waals surface area contributed by atoms with E-state index < -0.39 is 0 Å². The van der Waals surface area contributed by atoms with E-state index in [1.807, 2.05) is 12.1 Å². The van der Waals surface area contributed by atoms with E-state index in [0.29, 0.717) is 22.3 Å². The molecular formula is C20H23Cl2N3O2. The fourth-order valence-electron chi connectivity index (χ4n) is 3.16. The molecule has 1 aliphatic rings. The average Bonchev–Trinajstić information content (AvgIpc) is 2.90. The molecule has 0 spiro atoms. The summed E-state index contributed by atoms with van der Waals surface area (Å²) in [5, 5.41) is 3.85. The Labute approximate surface area is 169 Å². The molecule has 0 aromatic heterocycles. The molecule has 7 heteroatoms. The Kier molecular flexibility index (Phi) is 6.83. The van der Waals surface area contributed by atoms with Crippen molar-refractivity contribution in [1.29, 1.82) is 0 Å². The van der Waals surface area contributed by atoms with Crippen molar-refractivity contribution >= 4 is 40.5 Å². The number of halogens is 2. The fraction of sp³-hybridized carbons (Fsp3) is 0.350. The van der Waals surface area contributed by atoms with Crippen LogP contribution in [0.1, 0.15) is 6.42 Å². The highest BCUT2D eigenvalue weighted by Crippen LogP contribution is 2.25. The maximum absolute atomic E-state index is 12.4. The second-order valence-electron chi connectivity index (χ2n) is 6.49. The predicted molar refractivity (Wildman–Crippen MR) is 111 cm³/mol. The smallest absolute Gasteiger partial charge is 0.238 e. The molecule has 0 bridgehead atoms. The van der Waals surface area contributed by atoms with Gasteiger partial charge in [-0.25, -0.2) is 0 Å². The van der Waals surface area contributed by atoms with Crippen LogP contribution in [0.2, 0.25) is 10.0 Å². The van der Waals surface area contributed by atoms with Gasteiger partial charge >= 0.3 is 0 Å². The molecule has 0 radical (unpaired) electrons. The third-order valence-corrected chi connectivity index (χ3v) is 5.15. The number of amides is 1. The summed E-state index contributed by atoms with van der Waals surface area (Å²) >= 11 is 12.0. The third-order valence-electron chi connectivity index (χ3n) is 4.60. The summed E-state index contributed by atoms with van der Waals surface area (Å²) in [6.07, 6.45) is 1.00. The summed E-state index contributed by atoms with van der Waals surface area (Å²) in [7, 11) is 1.67. The highest BCUT2D eigenvalue weighted by molar-refractivity contribution is 6.36. The summed E-state index contributed by atoms with van der Waals surface area (Å²) in [6.45, 7) is 3.90. The van der Waals surface area contributed by atoms with Gasteiger partial charge in [-0.15, -0.1) is 0 Å². The number of hydrogen-bond acceptors (Lipinski definition) is 4. The van der Waals surface area contributed by atoms with E-state index in [2.05, 4.69) is 27.2 Å². The Hall–Kier alpha value is -1.95. The van der Waals surface area contributed by atoms with Crippen molar-refractivity contribution in [1.82, 2.24) is 4.90 Å². The van der Waals surface area contributed by atoms with E-state index in [0.717, 1.165) is 38.3 Å². The van der Waals surface area contributed by atoms with Gasteiger partial charge in [0.05, 0.1) is 24.4 Å². The lowest BCUT2D eigenvalue weighted by Gasteiger charge is -2.23. The lowest BCUT2D eigenvalue weighted by molar-refractivity contribution is -0.117. The van der Waals surface area contributed by atoms with Crippen molar-refractivity contribution in [3.63, 3.8) is 0 Å². The van der Waals surface area contributed by atoms with Crippen molar-refractivity contribution < 1.29 is 9.53 Å². The van der Waals surface area contributed by atoms with Crippen LogP contribution in [0.4, 0.5) is 11.4 Å². The average molecular weight is 408 g/mol. The van der Waals surface area contributed by atoms with Crippen LogP contribution in [0.5, 0.6) is 5.75 Å². The Balaban J connectivity index is 1.53. The number of carbonyl (C=O) groups excluding carboxylic acids is 1. The molecule has 2 aromatic rings. The Morgan fingerprint density at radius 2 is 1.85 bits per heavy atom. The van der Waals surface area contributed by atoms with Crippen LogP contribution in [-0.2, 0) is 4.79 Å². The third kappa shape index (κ3) is 5.51. The van der Waals surface area contributed by atoms with Gasteiger partial charge in [-0.2, -0.15) is 0 Å². The molecule has 0 saturated carbocycles. The number of hydrogen-bond donors (Lipinski definition) is 1. The molecule has 144 valence electrons.